The molecule has 1 heterocycles. The first kappa shape index (κ1) is 15.7. The van der Waals surface area contributed by atoms with Crippen LogP contribution in [0.25, 0.3) is 22.1 Å². The largest absolute Gasteiger partial charge is 0.452 e. The van der Waals surface area contributed by atoms with E-state index in [1.807, 2.05) is 79.7 Å². The lowest BCUT2D eigenvalue weighted by Crippen LogP contribution is -2.01. The number of fused-ring (bicyclic) bond motifs is 1. The molecule has 25 heavy (non-hydrogen) atoms. The van der Waals surface area contributed by atoms with Gasteiger partial charge in [-0.15, -0.1) is 0 Å². The minimum Gasteiger partial charge on any atom is -0.452 e. The lowest BCUT2D eigenvalue weighted by Gasteiger charge is -2.04. The highest BCUT2D eigenvalue weighted by molar-refractivity contribution is 6.30. The molecule has 0 fully saturated rings. The maximum atomic E-state index is 12.8. The summed E-state index contributed by atoms with van der Waals surface area (Å²) in [6.45, 7) is 1.92. The number of aryl methyl sites for hydroxylation is 1. The number of hydrogen-bond donors (Lipinski definition) is 0. The molecule has 0 N–H and O–H groups in total. The third kappa shape index (κ3) is 2.86. The number of carbonyl (C=O) groups excluding carboxylic acids is 1. The fourth-order valence-corrected chi connectivity index (χ4v) is 3.10. The predicted molar refractivity (Wildman–Crippen MR) is 101 cm³/mol. The van der Waals surface area contributed by atoms with Crippen molar-refractivity contribution in [2.45, 2.75) is 6.92 Å². The molecular weight excluding hydrogens is 332 g/mol. The molecule has 1 aromatic heterocycles. The van der Waals surface area contributed by atoms with Crippen LogP contribution in [0.3, 0.4) is 0 Å². The van der Waals surface area contributed by atoms with Crippen LogP contribution >= 0.6 is 11.6 Å². The molecule has 0 bridgehead atoms. The van der Waals surface area contributed by atoms with Gasteiger partial charge >= 0.3 is 0 Å². The minimum absolute atomic E-state index is 0.101. The maximum Gasteiger partial charge on any atom is 0.228 e. The minimum atomic E-state index is -0.101. The molecule has 0 amide bonds. The van der Waals surface area contributed by atoms with E-state index >= 15 is 0 Å². The molecule has 0 spiro atoms. The Labute approximate surface area is 150 Å². The van der Waals surface area contributed by atoms with Gasteiger partial charge in [-0.05, 0) is 36.2 Å². The molecule has 4 rings (SSSR count). The summed E-state index contributed by atoms with van der Waals surface area (Å²) in [7, 11) is 0. The van der Waals surface area contributed by atoms with Gasteiger partial charge in [-0.25, -0.2) is 0 Å². The van der Waals surface area contributed by atoms with Gasteiger partial charge in [0.05, 0.1) is 0 Å². The fourth-order valence-electron chi connectivity index (χ4n) is 2.98. The summed E-state index contributed by atoms with van der Waals surface area (Å²) in [6, 6.07) is 22.9. The molecule has 2 nitrogen and oxygen atoms in total. The second kappa shape index (κ2) is 6.23. The van der Waals surface area contributed by atoms with E-state index in [9.17, 15) is 4.79 Å². The van der Waals surface area contributed by atoms with Crippen molar-refractivity contribution in [3.63, 3.8) is 0 Å². The number of benzene rings is 3. The topological polar surface area (TPSA) is 30.2 Å². The Kier molecular flexibility index (Phi) is 3.90. The Morgan fingerprint density at radius 3 is 2.08 bits per heavy atom. The lowest BCUT2D eigenvalue weighted by atomic mass is 10.0. The second-order valence-corrected chi connectivity index (χ2v) is 6.40. The van der Waals surface area contributed by atoms with E-state index in [4.69, 9.17) is 16.0 Å². The van der Waals surface area contributed by atoms with Crippen molar-refractivity contribution in [3.05, 3.63) is 94.7 Å². The number of halogens is 1. The van der Waals surface area contributed by atoms with Gasteiger partial charge in [0, 0.05) is 21.5 Å². The first-order chi connectivity index (χ1) is 12.1. The third-order valence-corrected chi connectivity index (χ3v) is 4.63. The van der Waals surface area contributed by atoms with Crippen LogP contribution in [0.1, 0.15) is 21.7 Å². The van der Waals surface area contributed by atoms with E-state index in [0.29, 0.717) is 16.3 Å². The SMILES string of the molecule is Cc1c(C(=O)c2ccc(-c3ccc(Cl)cc3)cc2)oc2ccccc12. The summed E-state index contributed by atoms with van der Waals surface area (Å²) in [5.74, 6) is 0.303. The van der Waals surface area contributed by atoms with Crippen LogP contribution in [0, 0.1) is 6.92 Å². The van der Waals surface area contributed by atoms with Crippen molar-refractivity contribution >= 4 is 28.4 Å². The maximum absolute atomic E-state index is 12.8. The number of carbonyl (C=O) groups is 1. The molecule has 122 valence electrons. The molecule has 4 aromatic rings. The summed E-state index contributed by atoms with van der Waals surface area (Å²) >= 11 is 5.93. The molecule has 0 saturated carbocycles. The predicted octanol–water partition coefficient (Wildman–Crippen LogP) is 6.29. The zero-order chi connectivity index (χ0) is 17.4. The molecule has 0 aliphatic heterocycles. The summed E-state index contributed by atoms with van der Waals surface area (Å²) in [6.07, 6.45) is 0. The number of ketones is 1. The van der Waals surface area contributed by atoms with E-state index in [2.05, 4.69) is 0 Å². The van der Waals surface area contributed by atoms with E-state index in [1.54, 1.807) is 0 Å². The average molecular weight is 347 g/mol. The smallest absolute Gasteiger partial charge is 0.228 e. The average Bonchev–Trinajstić information content (AvgIpc) is 2.99. The zero-order valence-corrected chi connectivity index (χ0v) is 14.4. The van der Waals surface area contributed by atoms with Gasteiger partial charge in [-0.2, -0.15) is 0 Å². The monoisotopic (exact) mass is 346 g/mol. The Bertz CT molecular complexity index is 1060. The molecule has 0 atom stereocenters. The van der Waals surface area contributed by atoms with Crippen molar-refractivity contribution in [1.82, 2.24) is 0 Å². The summed E-state index contributed by atoms with van der Waals surface area (Å²) in [4.78, 5) is 12.8. The second-order valence-electron chi connectivity index (χ2n) is 5.97. The van der Waals surface area contributed by atoms with Crippen LogP contribution in [-0.2, 0) is 0 Å². The number of para-hydroxylation sites is 1. The van der Waals surface area contributed by atoms with E-state index in [0.717, 1.165) is 27.7 Å². The van der Waals surface area contributed by atoms with Crippen LogP contribution in [0.4, 0.5) is 0 Å². The highest BCUT2D eigenvalue weighted by Crippen LogP contribution is 2.28. The summed E-state index contributed by atoms with van der Waals surface area (Å²) in [5, 5.41) is 1.68. The Balaban J connectivity index is 1.68. The molecule has 0 unspecified atom stereocenters. The van der Waals surface area contributed by atoms with Gasteiger partial charge in [-0.1, -0.05) is 66.2 Å². The fraction of sp³-hybridized carbons (Fsp3) is 0.0455. The Morgan fingerprint density at radius 2 is 1.44 bits per heavy atom. The first-order valence-corrected chi connectivity index (χ1v) is 8.40. The molecule has 0 aliphatic carbocycles. The Hall–Kier alpha value is -2.84. The lowest BCUT2D eigenvalue weighted by molar-refractivity contribution is 0.101. The van der Waals surface area contributed by atoms with Crippen molar-refractivity contribution in [2.75, 3.05) is 0 Å². The Morgan fingerprint density at radius 1 is 0.840 bits per heavy atom. The van der Waals surface area contributed by atoms with Crippen molar-refractivity contribution < 1.29 is 9.21 Å². The van der Waals surface area contributed by atoms with E-state index < -0.39 is 0 Å². The van der Waals surface area contributed by atoms with Gasteiger partial charge in [0.1, 0.15) is 5.58 Å². The van der Waals surface area contributed by atoms with Crippen LogP contribution in [0.5, 0.6) is 0 Å². The third-order valence-electron chi connectivity index (χ3n) is 4.37. The molecular formula is C22H15ClO2. The standard InChI is InChI=1S/C22H15ClO2/c1-14-19-4-2-3-5-20(19)25-22(14)21(24)17-8-6-15(7-9-17)16-10-12-18(23)13-11-16/h2-13H,1H3. The molecule has 0 saturated heterocycles. The molecule has 0 radical (unpaired) electrons. The zero-order valence-electron chi connectivity index (χ0n) is 13.6. The summed E-state index contributed by atoms with van der Waals surface area (Å²) < 4.78 is 5.78. The van der Waals surface area contributed by atoms with Crippen molar-refractivity contribution in [2.24, 2.45) is 0 Å². The van der Waals surface area contributed by atoms with Gasteiger partial charge in [0.15, 0.2) is 5.76 Å². The highest BCUT2D eigenvalue weighted by atomic mass is 35.5. The van der Waals surface area contributed by atoms with E-state index in [1.165, 1.54) is 0 Å². The van der Waals surface area contributed by atoms with Crippen molar-refractivity contribution in [3.8, 4) is 11.1 Å². The number of hydrogen-bond acceptors (Lipinski definition) is 2. The quantitative estimate of drug-likeness (QED) is 0.408. The highest BCUT2D eigenvalue weighted by Gasteiger charge is 2.18. The van der Waals surface area contributed by atoms with Gasteiger partial charge in [0.25, 0.3) is 0 Å². The van der Waals surface area contributed by atoms with Crippen LogP contribution in [0.15, 0.2) is 77.2 Å². The number of furan rings is 1. The van der Waals surface area contributed by atoms with Crippen LogP contribution < -0.4 is 0 Å². The van der Waals surface area contributed by atoms with E-state index in [-0.39, 0.29) is 5.78 Å². The van der Waals surface area contributed by atoms with Gasteiger partial charge in [-0.3, -0.25) is 4.79 Å². The molecule has 0 aliphatic rings. The normalized spacial score (nSPS) is 11.0. The van der Waals surface area contributed by atoms with Gasteiger partial charge in [0.2, 0.25) is 5.78 Å². The molecule has 3 aromatic carbocycles. The first-order valence-electron chi connectivity index (χ1n) is 8.02. The van der Waals surface area contributed by atoms with Gasteiger partial charge < -0.3 is 4.42 Å². The van der Waals surface area contributed by atoms with Crippen LogP contribution in [0.2, 0.25) is 5.02 Å². The molecule has 3 heteroatoms. The van der Waals surface area contributed by atoms with Crippen molar-refractivity contribution in [1.29, 1.82) is 0 Å². The summed E-state index contributed by atoms with van der Waals surface area (Å²) in [5.41, 5.74) is 4.32. The number of rotatable bonds is 3. The van der Waals surface area contributed by atoms with Crippen LogP contribution in [-0.4, -0.2) is 5.78 Å².